The number of methoxy groups -OCH3 is 1. The van der Waals surface area contributed by atoms with Crippen LogP contribution >= 0.6 is 0 Å². The number of aromatic hydroxyl groups is 1. The fourth-order valence-corrected chi connectivity index (χ4v) is 3.64. The summed E-state index contributed by atoms with van der Waals surface area (Å²) in [6.45, 7) is 12.4. The number of esters is 1. The van der Waals surface area contributed by atoms with Gasteiger partial charge in [0.25, 0.3) is 0 Å². The number of ether oxygens (including phenoxy) is 2. The first-order valence-corrected chi connectivity index (χ1v) is 11.4. The van der Waals surface area contributed by atoms with E-state index >= 15 is 0 Å². The molecule has 0 fully saturated rings. The average Bonchev–Trinajstić information content (AvgIpc) is 2.75. The number of carbonyl (C=O) groups is 2. The summed E-state index contributed by atoms with van der Waals surface area (Å²) in [5.41, 5.74) is 1.70. The zero-order chi connectivity index (χ0) is 24.8. The maximum Gasteiger partial charge on any atom is 0.313 e. The lowest BCUT2D eigenvalue weighted by Crippen LogP contribution is -2.42. The highest BCUT2D eigenvalue weighted by atomic mass is 16.5. The Morgan fingerprint density at radius 1 is 1.06 bits per heavy atom. The van der Waals surface area contributed by atoms with Crippen LogP contribution in [0.3, 0.4) is 0 Å². The zero-order valence-corrected chi connectivity index (χ0v) is 20.8. The second-order valence-corrected chi connectivity index (χ2v) is 9.67. The van der Waals surface area contributed by atoms with Gasteiger partial charge in [0.15, 0.2) is 0 Å². The largest absolute Gasteiger partial charge is 0.508 e. The first-order chi connectivity index (χ1) is 15.5. The van der Waals surface area contributed by atoms with E-state index in [2.05, 4.69) is 13.8 Å². The lowest BCUT2D eigenvalue weighted by atomic mass is 9.90. The van der Waals surface area contributed by atoms with Gasteiger partial charge in [-0.3, -0.25) is 9.59 Å². The molecule has 0 aliphatic carbocycles. The summed E-state index contributed by atoms with van der Waals surface area (Å²) in [5.74, 6) is 0.0665. The number of nitrogens with zero attached hydrogens (tertiary/aromatic N) is 1. The van der Waals surface area contributed by atoms with Crippen molar-refractivity contribution < 1.29 is 24.2 Å². The fourth-order valence-electron chi connectivity index (χ4n) is 3.64. The van der Waals surface area contributed by atoms with Crippen molar-refractivity contribution in [2.45, 2.75) is 53.9 Å². The summed E-state index contributed by atoms with van der Waals surface area (Å²) in [5, 5.41) is 9.60. The number of hydrogen-bond donors (Lipinski definition) is 1. The van der Waals surface area contributed by atoms with Gasteiger partial charge in [0.05, 0.1) is 25.3 Å². The maximum absolute atomic E-state index is 13.4. The molecule has 0 aliphatic rings. The molecule has 33 heavy (non-hydrogen) atoms. The minimum absolute atomic E-state index is 0.0159. The Hall–Kier alpha value is -3.02. The summed E-state index contributed by atoms with van der Waals surface area (Å²) >= 11 is 0. The van der Waals surface area contributed by atoms with E-state index in [-0.39, 0.29) is 30.2 Å². The molecule has 0 saturated heterocycles. The lowest BCUT2D eigenvalue weighted by Gasteiger charge is -2.32. The zero-order valence-electron chi connectivity index (χ0n) is 20.8. The molecule has 2 rings (SSSR count). The number of anilines is 1. The normalized spacial score (nSPS) is 12.4. The third kappa shape index (κ3) is 6.98. The molecule has 1 atom stereocenters. The van der Waals surface area contributed by atoms with Gasteiger partial charge in [-0.2, -0.15) is 0 Å². The molecule has 0 aliphatic heterocycles. The molecule has 0 spiro atoms. The monoisotopic (exact) mass is 455 g/mol. The van der Waals surface area contributed by atoms with Crippen LogP contribution < -0.4 is 9.64 Å². The van der Waals surface area contributed by atoms with Gasteiger partial charge >= 0.3 is 5.97 Å². The van der Waals surface area contributed by atoms with Crippen molar-refractivity contribution in [3.63, 3.8) is 0 Å². The van der Waals surface area contributed by atoms with Crippen molar-refractivity contribution in [2.75, 3.05) is 25.2 Å². The van der Waals surface area contributed by atoms with Gasteiger partial charge in [-0.1, -0.05) is 52.8 Å². The Morgan fingerprint density at radius 3 is 2.21 bits per heavy atom. The number of phenols is 1. The SMILES string of the molecule is CCOC(=O)C(Cc1ccc(O)cc1)c1ccc(OC)c(N(CC(C)C)C(=O)C(C)(C)C)c1. The molecule has 0 bridgehead atoms. The predicted molar refractivity (Wildman–Crippen MR) is 131 cm³/mol. The summed E-state index contributed by atoms with van der Waals surface area (Å²) in [7, 11) is 1.58. The van der Waals surface area contributed by atoms with Gasteiger partial charge in [-0.25, -0.2) is 0 Å². The van der Waals surface area contributed by atoms with Crippen molar-refractivity contribution in [1.29, 1.82) is 0 Å². The predicted octanol–water partition coefficient (Wildman–Crippen LogP) is 5.33. The molecule has 0 radical (unpaired) electrons. The van der Waals surface area contributed by atoms with Crippen LogP contribution in [0.1, 0.15) is 58.6 Å². The Bertz CT molecular complexity index is 944. The van der Waals surface area contributed by atoms with Crippen LogP contribution in [-0.2, 0) is 20.7 Å². The minimum Gasteiger partial charge on any atom is -0.508 e. The second-order valence-electron chi connectivity index (χ2n) is 9.67. The average molecular weight is 456 g/mol. The third-order valence-corrected chi connectivity index (χ3v) is 5.28. The number of benzene rings is 2. The van der Waals surface area contributed by atoms with Crippen molar-refractivity contribution in [3.8, 4) is 11.5 Å². The molecule has 2 aromatic rings. The maximum atomic E-state index is 13.4. The number of phenolic OH excluding ortho intramolecular Hbond substituents is 1. The fraction of sp³-hybridized carbons (Fsp3) is 0.481. The van der Waals surface area contributed by atoms with Crippen molar-refractivity contribution >= 4 is 17.6 Å². The molecule has 6 nitrogen and oxygen atoms in total. The van der Waals surface area contributed by atoms with Gasteiger partial charge in [-0.15, -0.1) is 0 Å². The van der Waals surface area contributed by atoms with Crippen molar-refractivity contribution in [3.05, 3.63) is 53.6 Å². The van der Waals surface area contributed by atoms with E-state index in [9.17, 15) is 14.7 Å². The van der Waals surface area contributed by atoms with Crippen LogP contribution in [0, 0.1) is 11.3 Å². The van der Waals surface area contributed by atoms with E-state index in [0.717, 1.165) is 11.1 Å². The Labute approximate surface area is 197 Å². The standard InChI is InChI=1S/C27H37NO5/c1-8-33-25(30)22(15-19-9-12-21(29)13-10-19)20-11-14-24(32-7)23(16-20)28(17-18(2)3)26(31)27(4,5)6/h9-14,16,18,22,29H,8,15,17H2,1-7H3. The first kappa shape index (κ1) is 26.2. The Morgan fingerprint density at radius 2 is 1.70 bits per heavy atom. The first-order valence-electron chi connectivity index (χ1n) is 11.4. The Kier molecular flexibility index (Phi) is 8.91. The molecule has 1 amide bonds. The quantitative estimate of drug-likeness (QED) is 0.518. The molecule has 0 heterocycles. The summed E-state index contributed by atoms with van der Waals surface area (Å²) in [6.07, 6.45) is 0.405. The van der Waals surface area contributed by atoms with Gasteiger partial charge in [-0.05, 0) is 54.7 Å². The van der Waals surface area contributed by atoms with Crippen LogP contribution in [0.2, 0.25) is 0 Å². The second kappa shape index (κ2) is 11.2. The van der Waals surface area contributed by atoms with Crippen LogP contribution in [0.4, 0.5) is 5.69 Å². The Balaban J connectivity index is 2.58. The summed E-state index contributed by atoms with van der Waals surface area (Å²) in [4.78, 5) is 28.1. The number of rotatable bonds is 9. The van der Waals surface area contributed by atoms with Gasteiger partial charge in [0, 0.05) is 12.0 Å². The van der Waals surface area contributed by atoms with E-state index in [1.807, 2.05) is 32.9 Å². The molecule has 2 aromatic carbocycles. The summed E-state index contributed by atoms with van der Waals surface area (Å²) in [6, 6.07) is 12.3. The molecule has 0 saturated carbocycles. The molecular weight excluding hydrogens is 418 g/mol. The van der Waals surface area contributed by atoms with Gasteiger partial charge < -0.3 is 19.5 Å². The highest BCUT2D eigenvalue weighted by Gasteiger charge is 2.32. The smallest absolute Gasteiger partial charge is 0.313 e. The molecule has 6 heteroatoms. The van der Waals surface area contributed by atoms with E-state index in [0.29, 0.717) is 24.4 Å². The van der Waals surface area contributed by atoms with Crippen LogP contribution in [0.5, 0.6) is 11.5 Å². The summed E-state index contributed by atoms with van der Waals surface area (Å²) < 4.78 is 11.0. The number of carbonyl (C=O) groups excluding carboxylic acids is 2. The minimum atomic E-state index is -0.581. The highest BCUT2D eigenvalue weighted by molar-refractivity contribution is 5.98. The van der Waals surface area contributed by atoms with Crippen LogP contribution in [0.15, 0.2) is 42.5 Å². The van der Waals surface area contributed by atoms with Crippen molar-refractivity contribution in [2.24, 2.45) is 11.3 Å². The van der Waals surface area contributed by atoms with E-state index in [1.54, 1.807) is 49.3 Å². The molecule has 1 unspecified atom stereocenters. The van der Waals surface area contributed by atoms with E-state index in [4.69, 9.17) is 9.47 Å². The molecule has 1 N–H and O–H groups in total. The molecule has 0 aromatic heterocycles. The van der Waals surface area contributed by atoms with Crippen molar-refractivity contribution in [1.82, 2.24) is 0 Å². The van der Waals surface area contributed by atoms with Crippen LogP contribution in [-0.4, -0.2) is 37.2 Å². The highest BCUT2D eigenvalue weighted by Crippen LogP contribution is 2.36. The van der Waals surface area contributed by atoms with Gasteiger partial charge in [0.2, 0.25) is 5.91 Å². The number of amides is 1. The van der Waals surface area contributed by atoms with E-state index < -0.39 is 11.3 Å². The third-order valence-electron chi connectivity index (χ3n) is 5.28. The number of hydrogen-bond acceptors (Lipinski definition) is 5. The van der Waals surface area contributed by atoms with E-state index in [1.165, 1.54) is 0 Å². The molecule has 180 valence electrons. The topological polar surface area (TPSA) is 76.1 Å². The van der Waals surface area contributed by atoms with Crippen LogP contribution in [0.25, 0.3) is 0 Å². The lowest BCUT2D eigenvalue weighted by molar-refractivity contribution is -0.145. The van der Waals surface area contributed by atoms with Gasteiger partial charge in [0.1, 0.15) is 11.5 Å². The molecular formula is C27H37NO5.